The van der Waals surface area contributed by atoms with Crippen LogP contribution in [0.2, 0.25) is 0 Å². The Morgan fingerprint density at radius 3 is 2.88 bits per heavy atom. The van der Waals surface area contributed by atoms with Gasteiger partial charge in [0.1, 0.15) is 0 Å². The second-order valence-corrected chi connectivity index (χ2v) is 4.17. The average molecular weight is 230 g/mol. The van der Waals surface area contributed by atoms with E-state index in [1.165, 1.54) is 0 Å². The highest BCUT2D eigenvalue weighted by Gasteiger charge is 2.44. The van der Waals surface area contributed by atoms with Crippen LogP contribution >= 0.6 is 0 Å². The van der Waals surface area contributed by atoms with Crippen LogP contribution in [0.4, 0.5) is 0 Å². The highest BCUT2D eigenvalue weighted by Crippen LogP contribution is 2.49. The first-order valence-corrected chi connectivity index (χ1v) is 5.69. The molecule has 0 aromatic heterocycles. The van der Waals surface area contributed by atoms with E-state index in [1.54, 1.807) is 18.2 Å². The molecule has 1 aromatic rings. The number of carbonyl (C=O) groups excluding carboxylic acids is 2. The van der Waals surface area contributed by atoms with Gasteiger partial charge in [-0.2, -0.15) is 4.99 Å². The molecular weight excluding hydrogens is 216 g/mol. The van der Waals surface area contributed by atoms with E-state index in [0.29, 0.717) is 12.1 Å². The van der Waals surface area contributed by atoms with Crippen LogP contribution < -0.4 is 5.32 Å². The summed E-state index contributed by atoms with van der Waals surface area (Å²) in [5, 5.41) is 2.75. The molecule has 1 amide bonds. The molecule has 1 N–H and O–H groups in total. The first-order chi connectivity index (χ1) is 8.22. The fourth-order valence-electron chi connectivity index (χ4n) is 1.88. The third-order valence-corrected chi connectivity index (χ3v) is 2.98. The predicted octanol–water partition coefficient (Wildman–Crippen LogP) is 1.76. The molecule has 0 saturated heterocycles. The molecule has 1 aliphatic rings. The highest BCUT2D eigenvalue weighted by molar-refractivity contribution is 5.94. The van der Waals surface area contributed by atoms with Gasteiger partial charge in [0.25, 0.3) is 5.91 Å². The van der Waals surface area contributed by atoms with E-state index in [2.05, 4.69) is 10.3 Å². The van der Waals surface area contributed by atoms with Gasteiger partial charge < -0.3 is 5.32 Å². The van der Waals surface area contributed by atoms with E-state index >= 15 is 0 Å². The van der Waals surface area contributed by atoms with Gasteiger partial charge >= 0.3 is 0 Å². The van der Waals surface area contributed by atoms with Crippen molar-refractivity contribution in [3.63, 3.8) is 0 Å². The van der Waals surface area contributed by atoms with E-state index in [9.17, 15) is 9.59 Å². The van der Waals surface area contributed by atoms with Crippen LogP contribution in [-0.4, -0.2) is 18.5 Å². The lowest BCUT2D eigenvalue weighted by Crippen LogP contribution is -2.22. The van der Waals surface area contributed by atoms with Crippen molar-refractivity contribution in [2.24, 2.45) is 4.99 Å². The maximum Gasteiger partial charge on any atom is 0.251 e. The molecule has 2 rings (SSSR count). The average Bonchev–Trinajstić information content (AvgIpc) is 3.11. The van der Waals surface area contributed by atoms with Gasteiger partial charge in [-0.15, -0.1) is 0 Å². The summed E-state index contributed by atoms with van der Waals surface area (Å²) in [6, 6.07) is 7.28. The molecular formula is C13H14N2O2. The minimum Gasteiger partial charge on any atom is -0.352 e. The molecule has 4 nitrogen and oxygen atoms in total. The lowest BCUT2D eigenvalue weighted by molar-refractivity contribution is 0.0955. The van der Waals surface area contributed by atoms with Crippen molar-refractivity contribution in [2.45, 2.75) is 25.3 Å². The molecule has 0 bridgehead atoms. The van der Waals surface area contributed by atoms with Gasteiger partial charge in [-0.05, 0) is 37.5 Å². The van der Waals surface area contributed by atoms with Crippen LogP contribution in [0.25, 0.3) is 0 Å². The molecule has 0 atom stereocenters. The molecule has 0 unspecified atom stereocenters. The number of nitrogens with zero attached hydrogens (tertiary/aromatic N) is 1. The summed E-state index contributed by atoms with van der Waals surface area (Å²) in [7, 11) is 0. The summed E-state index contributed by atoms with van der Waals surface area (Å²) in [4.78, 5) is 25.9. The largest absolute Gasteiger partial charge is 0.352 e. The maximum absolute atomic E-state index is 11.7. The number of nitrogens with one attached hydrogen (secondary N) is 1. The monoisotopic (exact) mass is 230 g/mol. The van der Waals surface area contributed by atoms with E-state index in [4.69, 9.17) is 0 Å². The Bertz CT molecular complexity index is 486. The van der Waals surface area contributed by atoms with Crippen LogP contribution in [0, 0.1) is 0 Å². The van der Waals surface area contributed by atoms with Gasteiger partial charge in [-0.25, -0.2) is 4.79 Å². The number of rotatable bonds is 4. The molecule has 1 aliphatic carbocycles. The van der Waals surface area contributed by atoms with Crippen molar-refractivity contribution in [1.29, 1.82) is 0 Å². The molecule has 0 spiro atoms. The van der Waals surface area contributed by atoms with E-state index in [0.717, 1.165) is 18.4 Å². The summed E-state index contributed by atoms with van der Waals surface area (Å²) in [6.07, 6.45) is 3.31. The number of isocyanates is 1. The van der Waals surface area contributed by atoms with Crippen LogP contribution in [0.15, 0.2) is 29.3 Å². The van der Waals surface area contributed by atoms with Crippen molar-refractivity contribution in [2.75, 3.05) is 6.54 Å². The number of hydrogen-bond acceptors (Lipinski definition) is 3. The van der Waals surface area contributed by atoms with Crippen molar-refractivity contribution < 1.29 is 9.59 Å². The number of amides is 1. The SMILES string of the molecule is CCNC(=O)c1cccc(C2(N=C=O)CC2)c1. The lowest BCUT2D eigenvalue weighted by atomic mass is 10.0. The summed E-state index contributed by atoms with van der Waals surface area (Å²) in [5.41, 5.74) is 1.12. The van der Waals surface area contributed by atoms with E-state index < -0.39 is 5.54 Å². The third kappa shape index (κ3) is 2.27. The van der Waals surface area contributed by atoms with Gasteiger partial charge in [0.15, 0.2) is 0 Å². The van der Waals surface area contributed by atoms with Gasteiger partial charge in [0.2, 0.25) is 6.08 Å². The zero-order valence-electron chi connectivity index (χ0n) is 9.69. The predicted molar refractivity (Wildman–Crippen MR) is 63.5 cm³/mol. The number of carbonyl (C=O) groups is 1. The van der Waals surface area contributed by atoms with Gasteiger partial charge in [0.05, 0.1) is 5.54 Å². The molecule has 1 fully saturated rings. The van der Waals surface area contributed by atoms with Crippen LogP contribution in [0.3, 0.4) is 0 Å². The number of benzene rings is 1. The number of hydrogen-bond donors (Lipinski definition) is 1. The quantitative estimate of drug-likeness (QED) is 0.633. The molecule has 0 heterocycles. The van der Waals surface area contributed by atoms with Gasteiger partial charge in [-0.1, -0.05) is 12.1 Å². The standard InChI is InChI=1S/C13H14N2O2/c1-2-14-12(17)10-4-3-5-11(8-10)13(6-7-13)15-9-16/h3-5,8H,2,6-7H2,1H3,(H,14,17). The second kappa shape index (κ2) is 4.52. The third-order valence-electron chi connectivity index (χ3n) is 2.98. The van der Waals surface area contributed by atoms with Gasteiger partial charge in [-0.3, -0.25) is 4.79 Å². The Hall–Kier alpha value is -1.93. The Labute approximate surface area is 99.7 Å². The topological polar surface area (TPSA) is 58.5 Å². The Balaban J connectivity index is 2.29. The fourth-order valence-corrected chi connectivity index (χ4v) is 1.88. The molecule has 0 radical (unpaired) electrons. The van der Waals surface area contributed by atoms with Crippen LogP contribution in [-0.2, 0) is 10.3 Å². The fraction of sp³-hybridized carbons (Fsp3) is 0.385. The van der Waals surface area contributed by atoms with Crippen molar-refractivity contribution in [1.82, 2.24) is 5.32 Å². The van der Waals surface area contributed by atoms with Gasteiger partial charge in [0, 0.05) is 12.1 Å². The van der Waals surface area contributed by atoms with Crippen LogP contribution in [0.1, 0.15) is 35.7 Å². The van der Waals surface area contributed by atoms with Crippen molar-refractivity contribution in [3.05, 3.63) is 35.4 Å². The molecule has 4 heteroatoms. The molecule has 0 aliphatic heterocycles. The first-order valence-electron chi connectivity index (χ1n) is 5.69. The van der Waals surface area contributed by atoms with Crippen molar-refractivity contribution in [3.8, 4) is 0 Å². The zero-order valence-corrected chi connectivity index (χ0v) is 9.69. The number of aliphatic imine (C=N–C) groups is 1. The lowest BCUT2D eigenvalue weighted by Gasteiger charge is -2.09. The van der Waals surface area contributed by atoms with Crippen molar-refractivity contribution >= 4 is 12.0 Å². The smallest absolute Gasteiger partial charge is 0.251 e. The molecule has 1 aromatic carbocycles. The van der Waals surface area contributed by atoms with E-state index in [-0.39, 0.29) is 5.91 Å². The highest BCUT2D eigenvalue weighted by atomic mass is 16.1. The Morgan fingerprint density at radius 2 is 2.29 bits per heavy atom. The molecule has 17 heavy (non-hydrogen) atoms. The first kappa shape index (κ1) is 11.6. The minimum atomic E-state index is -0.412. The minimum absolute atomic E-state index is 0.0970. The summed E-state index contributed by atoms with van der Waals surface area (Å²) >= 11 is 0. The normalized spacial score (nSPS) is 15.8. The molecule has 88 valence electrons. The zero-order chi connectivity index (χ0) is 12.3. The van der Waals surface area contributed by atoms with Crippen LogP contribution in [0.5, 0.6) is 0 Å². The summed E-state index contributed by atoms with van der Waals surface area (Å²) in [5.74, 6) is -0.0970. The maximum atomic E-state index is 11.7. The summed E-state index contributed by atoms with van der Waals surface area (Å²) in [6.45, 7) is 2.47. The summed E-state index contributed by atoms with van der Waals surface area (Å²) < 4.78 is 0. The second-order valence-electron chi connectivity index (χ2n) is 4.17. The van der Waals surface area contributed by atoms with E-state index in [1.807, 2.05) is 19.1 Å². The Kier molecular flexibility index (Phi) is 3.07. The Morgan fingerprint density at radius 1 is 1.53 bits per heavy atom. The molecule has 1 saturated carbocycles.